The second-order valence-corrected chi connectivity index (χ2v) is 8.83. The number of aryl methyl sites for hydroxylation is 2. The summed E-state index contributed by atoms with van der Waals surface area (Å²) in [4.78, 5) is 12.6. The first-order valence-electron chi connectivity index (χ1n) is 8.91. The van der Waals surface area contributed by atoms with E-state index in [1.54, 1.807) is 13.0 Å². The Hall–Kier alpha value is -2.25. The number of sulfonamides is 1. The van der Waals surface area contributed by atoms with Crippen LogP contribution in [0.1, 0.15) is 34.3 Å². The minimum absolute atomic E-state index is 0.104. The maximum atomic E-state index is 13.0. The Morgan fingerprint density at radius 2 is 1.70 bits per heavy atom. The van der Waals surface area contributed by atoms with Gasteiger partial charge in [0.15, 0.2) is 0 Å². The molecule has 7 heteroatoms. The molecule has 1 aliphatic heterocycles. The van der Waals surface area contributed by atoms with E-state index in [0.29, 0.717) is 36.4 Å². The fraction of sp³-hybridized carbons (Fsp3) is 0.350. The molecule has 27 heavy (non-hydrogen) atoms. The molecule has 1 fully saturated rings. The van der Waals surface area contributed by atoms with Gasteiger partial charge >= 0.3 is 0 Å². The maximum Gasteiger partial charge on any atom is 0.251 e. The molecule has 1 aliphatic rings. The quantitative estimate of drug-likeness (QED) is 0.873. The smallest absolute Gasteiger partial charge is 0.251 e. The number of benzene rings is 2. The highest BCUT2D eigenvalue weighted by atomic mass is 32.2. The standard InChI is InChI=1S/C20H23FN2O3S/c1-14-3-4-15(2)19(13-14)27(25,26)23-11-9-18(10-12-23)22-20(24)16-5-7-17(21)8-6-16/h3-8,13,18H,9-12H2,1-2H3,(H,22,24). The molecule has 144 valence electrons. The van der Waals surface area contributed by atoms with Crippen LogP contribution in [0.3, 0.4) is 0 Å². The molecule has 0 aliphatic carbocycles. The van der Waals surface area contributed by atoms with Crippen molar-refractivity contribution >= 4 is 15.9 Å². The summed E-state index contributed by atoms with van der Waals surface area (Å²) < 4.78 is 40.3. The Labute approximate surface area is 159 Å². The Balaban J connectivity index is 1.63. The maximum absolute atomic E-state index is 13.0. The predicted octanol–water partition coefficient (Wildman–Crippen LogP) is 3.03. The van der Waals surface area contributed by atoms with Crippen LogP contribution in [0.25, 0.3) is 0 Å². The van der Waals surface area contributed by atoms with E-state index < -0.39 is 15.8 Å². The highest BCUT2D eigenvalue weighted by molar-refractivity contribution is 7.89. The Morgan fingerprint density at radius 3 is 2.33 bits per heavy atom. The van der Waals surface area contributed by atoms with Crippen molar-refractivity contribution < 1.29 is 17.6 Å². The molecule has 1 N–H and O–H groups in total. The van der Waals surface area contributed by atoms with Crippen LogP contribution in [0.2, 0.25) is 0 Å². The first-order valence-corrected chi connectivity index (χ1v) is 10.4. The van der Waals surface area contributed by atoms with Crippen LogP contribution in [0, 0.1) is 19.7 Å². The summed E-state index contributed by atoms with van der Waals surface area (Å²) in [5.41, 5.74) is 2.02. The first-order chi connectivity index (χ1) is 12.8. The summed E-state index contributed by atoms with van der Waals surface area (Å²) in [6.07, 6.45) is 1.08. The van der Waals surface area contributed by atoms with Crippen LogP contribution in [-0.2, 0) is 10.0 Å². The van der Waals surface area contributed by atoms with Crippen LogP contribution in [0.5, 0.6) is 0 Å². The number of nitrogens with zero attached hydrogens (tertiary/aromatic N) is 1. The van der Waals surface area contributed by atoms with E-state index in [1.165, 1.54) is 28.6 Å². The number of nitrogens with one attached hydrogen (secondary N) is 1. The van der Waals surface area contributed by atoms with Crippen molar-refractivity contribution in [2.24, 2.45) is 0 Å². The Kier molecular flexibility index (Phi) is 5.62. The molecule has 0 bridgehead atoms. The van der Waals surface area contributed by atoms with E-state index in [2.05, 4.69) is 5.32 Å². The van der Waals surface area contributed by atoms with E-state index in [-0.39, 0.29) is 11.9 Å². The molecule has 0 atom stereocenters. The van der Waals surface area contributed by atoms with E-state index in [1.807, 2.05) is 19.1 Å². The molecule has 0 unspecified atom stereocenters. The molecule has 3 rings (SSSR count). The number of halogens is 1. The fourth-order valence-electron chi connectivity index (χ4n) is 3.23. The zero-order chi connectivity index (χ0) is 19.6. The van der Waals surface area contributed by atoms with Gasteiger partial charge in [0.05, 0.1) is 4.90 Å². The zero-order valence-corrected chi connectivity index (χ0v) is 16.2. The SMILES string of the molecule is Cc1ccc(C)c(S(=O)(=O)N2CCC(NC(=O)c3ccc(F)cc3)CC2)c1. The normalized spacial score (nSPS) is 16.3. The lowest BCUT2D eigenvalue weighted by molar-refractivity contribution is 0.0924. The number of piperidine rings is 1. The summed E-state index contributed by atoms with van der Waals surface area (Å²) >= 11 is 0. The van der Waals surface area contributed by atoms with Gasteiger partial charge in [-0.05, 0) is 68.1 Å². The molecular weight excluding hydrogens is 367 g/mol. The lowest BCUT2D eigenvalue weighted by Gasteiger charge is -2.32. The predicted molar refractivity (Wildman–Crippen MR) is 102 cm³/mol. The number of carbonyl (C=O) groups excluding carboxylic acids is 1. The molecule has 2 aromatic carbocycles. The molecule has 0 radical (unpaired) electrons. The third-order valence-corrected chi connectivity index (χ3v) is 6.90. The largest absolute Gasteiger partial charge is 0.349 e. The minimum Gasteiger partial charge on any atom is -0.349 e. The first kappa shape index (κ1) is 19.5. The van der Waals surface area contributed by atoms with E-state index in [4.69, 9.17) is 0 Å². The Bertz CT molecular complexity index is 934. The van der Waals surface area contributed by atoms with Crippen LogP contribution in [0.15, 0.2) is 47.4 Å². The number of rotatable bonds is 4. The number of hydrogen-bond donors (Lipinski definition) is 1. The van der Waals surface area contributed by atoms with Crippen LogP contribution in [-0.4, -0.2) is 37.8 Å². The van der Waals surface area contributed by atoms with Crippen molar-refractivity contribution in [2.45, 2.75) is 37.6 Å². The molecule has 0 aromatic heterocycles. The highest BCUT2D eigenvalue weighted by Gasteiger charge is 2.31. The Morgan fingerprint density at radius 1 is 1.07 bits per heavy atom. The van der Waals surface area contributed by atoms with Gasteiger partial charge in [0.25, 0.3) is 5.91 Å². The molecule has 0 spiro atoms. The highest BCUT2D eigenvalue weighted by Crippen LogP contribution is 2.24. The van der Waals surface area contributed by atoms with Gasteiger partial charge in [0, 0.05) is 24.7 Å². The van der Waals surface area contributed by atoms with Gasteiger partial charge in [-0.3, -0.25) is 4.79 Å². The van der Waals surface area contributed by atoms with Gasteiger partial charge < -0.3 is 5.32 Å². The summed E-state index contributed by atoms with van der Waals surface area (Å²) in [7, 11) is -3.55. The van der Waals surface area contributed by atoms with Crippen molar-refractivity contribution in [1.82, 2.24) is 9.62 Å². The molecule has 1 saturated heterocycles. The summed E-state index contributed by atoms with van der Waals surface area (Å²) in [5.74, 6) is -0.664. The van der Waals surface area contributed by atoms with Crippen molar-refractivity contribution in [3.63, 3.8) is 0 Å². The fourth-order valence-corrected chi connectivity index (χ4v) is 5.01. The second kappa shape index (κ2) is 7.78. The third-order valence-electron chi connectivity index (χ3n) is 4.86. The number of hydrogen-bond acceptors (Lipinski definition) is 3. The van der Waals surface area contributed by atoms with Crippen molar-refractivity contribution in [3.05, 3.63) is 65.0 Å². The second-order valence-electron chi connectivity index (χ2n) is 6.93. The molecular formula is C20H23FN2O3S. The zero-order valence-electron chi connectivity index (χ0n) is 15.4. The van der Waals surface area contributed by atoms with E-state index in [0.717, 1.165) is 11.1 Å². The summed E-state index contributed by atoms with van der Waals surface area (Å²) in [6, 6.07) is 10.7. The van der Waals surface area contributed by atoms with Gasteiger partial charge in [0.2, 0.25) is 10.0 Å². The number of carbonyl (C=O) groups is 1. The molecule has 2 aromatic rings. The van der Waals surface area contributed by atoms with Gasteiger partial charge in [-0.15, -0.1) is 0 Å². The average Bonchev–Trinajstić information content (AvgIpc) is 2.64. The van der Waals surface area contributed by atoms with Gasteiger partial charge in [0.1, 0.15) is 5.82 Å². The van der Waals surface area contributed by atoms with Crippen LogP contribution >= 0.6 is 0 Å². The third kappa shape index (κ3) is 4.36. The van der Waals surface area contributed by atoms with Gasteiger partial charge in [-0.1, -0.05) is 12.1 Å². The molecule has 0 saturated carbocycles. The van der Waals surface area contributed by atoms with Crippen molar-refractivity contribution in [1.29, 1.82) is 0 Å². The molecule has 5 nitrogen and oxygen atoms in total. The minimum atomic E-state index is -3.55. The summed E-state index contributed by atoms with van der Waals surface area (Å²) in [5, 5.41) is 2.90. The lowest BCUT2D eigenvalue weighted by Crippen LogP contribution is -2.46. The molecule has 1 heterocycles. The van der Waals surface area contributed by atoms with Gasteiger partial charge in [-0.2, -0.15) is 4.31 Å². The van der Waals surface area contributed by atoms with E-state index >= 15 is 0 Å². The number of amides is 1. The average molecular weight is 390 g/mol. The monoisotopic (exact) mass is 390 g/mol. The van der Waals surface area contributed by atoms with E-state index in [9.17, 15) is 17.6 Å². The topological polar surface area (TPSA) is 66.5 Å². The summed E-state index contributed by atoms with van der Waals surface area (Å²) in [6.45, 7) is 4.37. The van der Waals surface area contributed by atoms with Crippen LogP contribution < -0.4 is 5.32 Å². The van der Waals surface area contributed by atoms with Crippen molar-refractivity contribution in [2.75, 3.05) is 13.1 Å². The van der Waals surface area contributed by atoms with Crippen LogP contribution in [0.4, 0.5) is 4.39 Å². The molecule has 1 amide bonds. The lowest BCUT2D eigenvalue weighted by atomic mass is 10.1. The van der Waals surface area contributed by atoms with Gasteiger partial charge in [-0.25, -0.2) is 12.8 Å². The van der Waals surface area contributed by atoms with Crippen molar-refractivity contribution in [3.8, 4) is 0 Å².